The molecule has 0 N–H and O–H groups in total. The Kier molecular flexibility index (Phi) is 7.42. The van der Waals surface area contributed by atoms with Crippen molar-refractivity contribution in [3.63, 3.8) is 0 Å². The molecule has 0 fully saturated rings. The van der Waals surface area contributed by atoms with E-state index >= 15 is 0 Å². The van der Waals surface area contributed by atoms with Gasteiger partial charge in [0.05, 0.1) is 0 Å². The summed E-state index contributed by atoms with van der Waals surface area (Å²) in [5.74, 6) is 1.80. The van der Waals surface area contributed by atoms with Crippen molar-refractivity contribution in [1.82, 2.24) is 15.0 Å². The summed E-state index contributed by atoms with van der Waals surface area (Å²) in [6, 6.07) is 64.5. The lowest BCUT2D eigenvalue weighted by molar-refractivity contribution is 0.669. The fourth-order valence-corrected chi connectivity index (χ4v) is 7.85. The molecule has 0 radical (unpaired) electrons. The summed E-state index contributed by atoms with van der Waals surface area (Å²) < 4.78 is 13.3. The van der Waals surface area contributed by atoms with E-state index in [1.165, 1.54) is 0 Å². The maximum absolute atomic E-state index is 6.82. The van der Waals surface area contributed by atoms with Crippen LogP contribution in [0.4, 0.5) is 0 Å². The lowest BCUT2D eigenvalue weighted by Crippen LogP contribution is -2.00. The van der Waals surface area contributed by atoms with E-state index in [0.717, 1.165) is 93.9 Å². The summed E-state index contributed by atoms with van der Waals surface area (Å²) in [5.41, 5.74) is 12.5. The molecular formula is C51H31N3O2. The SMILES string of the molecule is c1ccc(-c2ccc(-c3nc(-c4ccccc4)nc(-c4ccc5c(c4)oc4c(-c6ccccc6-c6cccc7c6oc6ccccc67)cccc45)n3)cc2)cc1. The maximum Gasteiger partial charge on any atom is 0.164 e. The Morgan fingerprint density at radius 1 is 0.268 bits per heavy atom. The minimum atomic E-state index is 0.577. The summed E-state index contributed by atoms with van der Waals surface area (Å²) in [5, 5.41) is 4.28. The van der Waals surface area contributed by atoms with Crippen molar-refractivity contribution in [2.45, 2.75) is 0 Å². The van der Waals surface area contributed by atoms with Gasteiger partial charge in [-0.1, -0.05) is 170 Å². The van der Waals surface area contributed by atoms with Crippen LogP contribution in [-0.4, -0.2) is 15.0 Å². The maximum atomic E-state index is 6.82. The molecule has 0 bridgehead atoms. The van der Waals surface area contributed by atoms with E-state index in [1.807, 2.05) is 54.6 Å². The highest BCUT2D eigenvalue weighted by Crippen LogP contribution is 2.43. The number of para-hydroxylation sites is 3. The van der Waals surface area contributed by atoms with Crippen molar-refractivity contribution >= 4 is 43.9 Å². The standard InChI is InChI=1S/C51H31N3O2/c1-3-13-32(14-4-1)33-25-27-35(28-26-33)50-52-49(34-15-5-2-6-16-34)53-51(54-50)36-29-30-40-44-23-12-21-42(48(44)56-46(40)31-36)38-18-8-7-17-37(38)41-20-11-22-43-39-19-9-10-24-45(39)55-47(41)43/h1-31H. The van der Waals surface area contributed by atoms with Crippen LogP contribution < -0.4 is 0 Å². The number of aromatic nitrogens is 3. The van der Waals surface area contributed by atoms with Gasteiger partial charge in [-0.3, -0.25) is 0 Å². The number of hydrogen-bond acceptors (Lipinski definition) is 5. The highest BCUT2D eigenvalue weighted by molar-refractivity contribution is 6.13. The van der Waals surface area contributed by atoms with E-state index in [1.54, 1.807) is 0 Å². The topological polar surface area (TPSA) is 65.0 Å². The van der Waals surface area contributed by atoms with Crippen LogP contribution in [0.3, 0.4) is 0 Å². The largest absolute Gasteiger partial charge is 0.455 e. The van der Waals surface area contributed by atoms with Gasteiger partial charge < -0.3 is 8.83 Å². The number of hydrogen-bond donors (Lipinski definition) is 0. The van der Waals surface area contributed by atoms with Gasteiger partial charge in [0.2, 0.25) is 0 Å². The zero-order chi connectivity index (χ0) is 37.0. The first kappa shape index (κ1) is 31.9. The first-order valence-electron chi connectivity index (χ1n) is 18.7. The van der Waals surface area contributed by atoms with Crippen LogP contribution >= 0.6 is 0 Å². The lowest BCUT2D eigenvalue weighted by atomic mass is 9.92. The molecule has 262 valence electrons. The molecule has 0 aliphatic heterocycles. The monoisotopic (exact) mass is 717 g/mol. The number of rotatable bonds is 6. The summed E-state index contributed by atoms with van der Waals surface area (Å²) in [4.78, 5) is 15.0. The predicted octanol–water partition coefficient (Wildman–Crippen LogP) is 13.7. The zero-order valence-electron chi connectivity index (χ0n) is 30.1. The van der Waals surface area contributed by atoms with Gasteiger partial charge in [0.1, 0.15) is 22.3 Å². The van der Waals surface area contributed by atoms with E-state index in [0.29, 0.717) is 17.5 Å². The second kappa shape index (κ2) is 13.0. The Bertz CT molecular complexity index is 3240. The number of nitrogens with zero attached hydrogens (tertiary/aromatic N) is 3. The summed E-state index contributed by atoms with van der Waals surface area (Å²) >= 11 is 0. The van der Waals surface area contributed by atoms with Gasteiger partial charge in [0.25, 0.3) is 0 Å². The predicted molar refractivity (Wildman–Crippen MR) is 227 cm³/mol. The van der Waals surface area contributed by atoms with Gasteiger partial charge >= 0.3 is 0 Å². The van der Waals surface area contributed by atoms with E-state index < -0.39 is 0 Å². The molecule has 3 heterocycles. The van der Waals surface area contributed by atoms with Crippen molar-refractivity contribution in [2.75, 3.05) is 0 Å². The Balaban J connectivity index is 1.03. The van der Waals surface area contributed by atoms with Gasteiger partial charge in [-0.25, -0.2) is 15.0 Å². The molecular weight excluding hydrogens is 687 g/mol. The Morgan fingerprint density at radius 3 is 1.32 bits per heavy atom. The highest BCUT2D eigenvalue weighted by Gasteiger charge is 2.20. The van der Waals surface area contributed by atoms with Crippen molar-refractivity contribution in [3.05, 3.63) is 188 Å². The molecule has 11 aromatic rings. The van der Waals surface area contributed by atoms with Crippen LogP contribution in [0.15, 0.2) is 197 Å². The van der Waals surface area contributed by atoms with Crippen molar-refractivity contribution in [3.8, 4) is 67.5 Å². The second-order valence-corrected chi connectivity index (χ2v) is 13.9. The summed E-state index contributed by atoms with van der Waals surface area (Å²) in [6.45, 7) is 0. The molecule has 0 spiro atoms. The number of furan rings is 2. The normalized spacial score (nSPS) is 11.6. The van der Waals surface area contributed by atoms with Gasteiger partial charge in [-0.05, 0) is 40.5 Å². The highest BCUT2D eigenvalue weighted by atomic mass is 16.3. The fraction of sp³-hybridized carbons (Fsp3) is 0. The third-order valence-electron chi connectivity index (χ3n) is 10.6. The van der Waals surface area contributed by atoms with Gasteiger partial charge in [0, 0.05) is 49.4 Å². The Morgan fingerprint density at radius 2 is 0.679 bits per heavy atom. The minimum absolute atomic E-state index is 0.577. The molecule has 0 saturated carbocycles. The summed E-state index contributed by atoms with van der Waals surface area (Å²) in [7, 11) is 0. The minimum Gasteiger partial charge on any atom is -0.455 e. The Hall–Kier alpha value is -7.63. The van der Waals surface area contributed by atoms with E-state index in [4.69, 9.17) is 23.8 Å². The second-order valence-electron chi connectivity index (χ2n) is 13.9. The molecule has 56 heavy (non-hydrogen) atoms. The molecule has 5 nitrogen and oxygen atoms in total. The molecule has 0 aliphatic rings. The zero-order valence-corrected chi connectivity index (χ0v) is 30.1. The van der Waals surface area contributed by atoms with E-state index in [2.05, 4.69) is 133 Å². The molecule has 0 amide bonds. The van der Waals surface area contributed by atoms with Crippen LogP contribution in [0.25, 0.3) is 111 Å². The molecule has 11 rings (SSSR count). The van der Waals surface area contributed by atoms with Gasteiger partial charge in [-0.15, -0.1) is 0 Å². The smallest absolute Gasteiger partial charge is 0.164 e. The average Bonchev–Trinajstić information content (AvgIpc) is 3.85. The molecule has 0 aliphatic carbocycles. The molecule has 0 atom stereocenters. The molecule has 0 saturated heterocycles. The first-order chi connectivity index (χ1) is 27.7. The van der Waals surface area contributed by atoms with Crippen LogP contribution in [0.2, 0.25) is 0 Å². The van der Waals surface area contributed by atoms with Crippen LogP contribution in [0.1, 0.15) is 0 Å². The molecule has 8 aromatic carbocycles. The third kappa shape index (κ3) is 5.37. The lowest BCUT2D eigenvalue weighted by Gasteiger charge is -2.11. The van der Waals surface area contributed by atoms with Crippen LogP contribution in [0.5, 0.6) is 0 Å². The van der Waals surface area contributed by atoms with Crippen molar-refractivity contribution in [1.29, 1.82) is 0 Å². The number of benzene rings is 8. The van der Waals surface area contributed by atoms with E-state index in [-0.39, 0.29) is 0 Å². The molecule has 3 aromatic heterocycles. The van der Waals surface area contributed by atoms with Crippen molar-refractivity contribution in [2.24, 2.45) is 0 Å². The third-order valence-corrected chi connectivity index (χ3v) is 10.6. The fourth-order valence-electron chi connectivity index (χ4n) is 7.85. The number of fused-ring (bicyclic) bond motifs is 6. The molecule has 5 heteroatoms. The van der Waals surface area contributed by atoms with Gasteiger partial charge in [0.15, 0.2) is 17.5 Å². The molecule has 0 unspecified atom stereocenters. The summed E-state index contributed by atoms with van der Waals surface area (Å²) in [6.07, 6.45) is 0. The first-order valence-corrected chi connectivity index (χ1v) is 18.7. The van der Waals surface area contributed by atoms with E-state index in [9.17, 15) is 0 Å². The van der Waals surface area contributed by atoms with Crippen LogP contribution in [0, 0.1) is 0 Å². The Labute approximate surface area is 322 Å². The van der Waals surface area contributed by atoms with Crippen molar-refractivity contribution < 1.29 is 8.83 Å². The van der Waals surface area contributed by atoms with Crippen LogP contribution in [-0.2, 0) is 0 Å². The average molecular weight is 718 g/mol. The quantitative estimate of drug-likeness (QED) is 0.171. The van der Waals surface area contributed by atoms with Gasteiger partial charge in [-0.2, -0.15) is 0 Å².